The molecule has 84 valence electrons. The molecule has 0 saturated carbocycles. The Morgan fingerprint density at radius 3 is 2.07 bits per heavy atom. The van der Waals surface area contributed by atoms with Crippen molar-refractivity contribution < 1.29 is 4.39 Å². The van der Waals surface area contributed by atoms with Crippen LogP contribution in [0.1, 0.15) is 43.0 Å². The molecule has 0 spiro atoms. The second kappa shape index (κ2) is 3.96. The van der Waals surface area contributed by atoms with Gasteiger partial charge in [0.1, 0.15) is 5.82 Å². The first-order valence-electron chi connectivity index (χ1n) is 5.47. The minimum atomic E-state index is -0.0203. The molecule has 0 aliphatic rings. The zero-order chi connectivity index (χ0) is 11.8. The predicted octanol–water partition coefficient (Wildman–Crippen LogP) is 4.34. The van der Waals surface area contributed by atoms with E-state index < -0.39 is 0 Å². The lowest BCUT2D eigenvalue weighted by Gasteiger charge is -2.21. The zero-order valence-corrected chi connectivity index (χ0v) is 10.7. The Balaban J connectivity index is 3.27. The second-order valence-electron chi connectivity index (χ2n) is 5.67. The van der Waals surface area contributed by atoms with Gasteiger partial charge in [0, 0.05) is 0 Å². The number of rotatable bonds is 1. The van der Waals surface area contributed by atoms with Gasteiger partial charge in [0.25, 0.3) is 0 Å². The number of halogens is 1. The monoisotopic (exact) mass is 208 g/mol. The highest BCUT2D eigenvalue weighted by Gasteiger charge is 2.18. The summed E-state index contributed by atoms with van der Waals surface area (Å²) in [6.07, 6.45) is 0.799. The lowest BCUT2D eigenvalue weighted by molar-refractivity contribution is 0.400. The van der Waals surface area contributed by atoms with E-state index in [9.17, 15) is 4.39 Å². The zero-order valence-electron chi connectivity index (χ0n) is 10.7. The van der Waals surface area contributed by atoms with Gasteiger partial charge < -0.3 is 0 Å². The van der Waals surface area contributed by atoms with E-state index in [1.807, 2.05) is 26.8 Å². The van der Waals surface area contributed by atoms with Gasteiger partial charge >= 0.3 is 0 Å². The molecule has 0 bridgehead atoms. The number of aryl methyl sites for hydroxylation is 2. The Hall–Kier alpha value is -0.850. The summed E-state index contributed by atoms with van der Waals surface area (Å²) < 4.78 is 14.0. The van der Waals surface area contributed by atoms with Crippen LogP contribution in [0.3, 0.4) is 0 Å². The van der Waals surface area contributed by atoms with E-state index in [0.717, 1.165) is 23.1 Å². The summed E-state index contributed by atoms with van der Waals surface area (Å²) in [5.41, 5.74) is 4.07. The van der Waals surface area contributed by atoms with Crippen molar-refractivity contribution in [3.8, 4) is 0 Å². The van der Waals surface area contributed by atoms with Crippen LogP contribution in [0.2, 0.25) is 0 Å². The fourth-order valence-corrected chi connectivity index (χ4v) is 1.88. The van der Waals surface area contributed by atoms with Crippen LogP contribution in [0.25, 0.3) is 0 Å². The van der Waals surface area contributed by atoms with E-state index in [1.54, 1.807) is 0 Å². The largest absolute Gasteiger partial charge is 0.206 e. The van der Waals surface area contributed by atoms with Crippen LogP contribution in [0.15, 0.2) is 6.07 Å². The van der Waals surface area contributed by atoms with Gasteiger partial charge in [-0.2, -0.15) is 0 Å². The number of hydrogen-bond acceptors (Lipinski definition) is 0. The Bertz CT molecular complexity index is 344. The van der Waals surface area contributed by atoms with Crippen molar-refractivity contribution in [1.82, 2.24) is 0 Å². The molecular formula is C14H21F. The lowest BCUT2D eigenvalue weighted by atomic mass is 9.84. The third kappa shape index (κ3) is 2.80. The molecule has 0 fully saturated rings. The molecule has 1 aromatic carbocycles. The highest BCUT2D eigenvalue weighted by Crippen LogP contribution is 2.28. The smallest absolute Gasteiger partial charge is 0.129 e. The van der Waals surface area contributed by atoms with Crippen molar-refractivity contribution in [2.75, 3.05) is 0 Å². The molecule has 0 N–H and O–H groups in total. The molecule has 0 aliphatic heterocycles. The molecule has 0 radical (unpaired) electrons. The molecule has 0 unspecified atom stereocenters. The molecule has 1 aromatic rings. The molecule has 0 atom stereocenters. The van der Waals surface area contributed by atoms with Gasteiger partial charge in [-0.3, -0.25) is 0 Å². The van der Waals surface area contributed by atoms with Crippen LogP contribution in [0.4, 0.5) is 4.39 Å². The third-order valence-electron chi connectivity index (χ3n) is 2.80. The summed E-state index contributed by atoms with van der Waals surface area (Å²) in [6, 6.07) is 1.93. The van der Waals surface area contributed by atoms with Gasteiger partial charge in [0.2, 0.25) is 0 Å². The Labute approximate surface area is 92.5 Å². The standard InChI is InChI=1S/C14H21F/c1-9-7-10(2)13(15)12(11(9)3)8-14(4,5)6/h7H,8H2,1-6H3. The molecule has 1 heteroatoms. The summed E-state index contributed by atoms with van der Waals surface area (Å²) in [5.74, 6) is -0.0203. The molecular weight excluding hydrogens is 187 g/mol. The van der Waals surface area contributed by atoms with Crippen LogP contribution in [-0.4, -0.2) is 0 Å². The van der Waals surface area contributed by atoms with Crippen LogP contribution in [0.5, 0.6) is 0 Å². The SMILES string of the molecule is Cc1cc(C)c(F)c(CC(C)(C)C)c1C. The first-order chi connectivity index (χ1) is 6.72. The number of hydrogen-bond donors (Lipinski definition) is 0. The molecule has 0 nitrogen and oxygen atoms in total. The molecule has 0 aromatic heterocycles. The van der Waals surface area contributed by atoms with Crippen molar-refractivity contribution in [1.29, 1.82) is 0 Å². The topological polar surface area (TPSA) is 0 Å². The van der Waals surface area contributed by atoms with Gasteiger partial charge in [-0.15, -0.1) is 0 Å². The Morgan fingerprint density at radius 2 is 1.60 bits per heavy atom. The van der Waals surface area contributed by atoms with Gasteiger partial charge in [-0.25, -0.2) is 4.39 Å². The van der Waals surface area contributed by atoms with Crippen molar-refractivity contribution in [2.24, 2.45) is 5.41 Å². The summed E-state index contributed by atoms with van der Waals surface area (Å²) in [4.78, 5) is 0. The second-order valence-corrected chi connectivity index (χ2v) is 5.67. The van der Waals surface area contributed by atoms with E-state index in [1.165, 1.54) is 5.56 Å². The van der Waals surface area contributed by atoms with E-state index >= 15 is 0 Å². The summed E-state index contributed by atoms with van der Waals surface area (Å²) in [5, 5.41) is 0. The Morgan fingerprint density at radius 1 is 1.07 bits per heavy atom. The number of benzene rings is 1. The van der Waals surface area contributed by atoms with Crippen molar-refractivity contribution in [2.45, 2.75) is 48.0 Å². The van der Waals surface area contributed by atoms with Crippen LogP contribution >= 0.6 is 0 Å². The quantitative estimate of drug-likeness (QED) is 0.644. The highest BCUT2D eigenvalue weighted by atomic mass is 19.1. The molecule has 15 heavy (non-hydrogen) atoms. The van der Waals surface area contributed by atoms with Crippen molar-refractivity contribution >= 4 is 0 Å². The summed E-state index contributed by atoms with van der Waals surface area (Å²) in [6.45, 7) is 12.3. The summed E-state index contributed by atoms with van der Waals surface area (Å²) in [7, 11) is 0. The van der Waals surface area contributed by atoms with E-state index in [2.05, 4.69) is 20.8 Å². The first-order valence-corrected chi connectivity index (χ1v) is 5.47. The first kappa shape index (κ1) is 12.2. The molecule has 0 amide bonds. The van der Waals surface area contributed by atoms with Gasteiger partial charge in [-0.1, -0.05) is 26.8 Å². The van der Waals surface area contributed by atoms with E-state index in [0.29, 0.717) is 0 Å². The normalized spacial score (nSPS) is 11.9. The van der Waals surface area contributed by atoms with E-state index in [-0.39, 0.29) is 11.2 Å². The van der Waals surface area contributed by atoms with Crippen LogP contribution in [-0.2, 0) is 6.42 Å². The molecule has 0 saturated heterocycles. The maximum atomic E-state index is 14.0. The van der Waals surface area contributed by atoms with Crippen LogP contribution in [0, 0.1) is 32.0 Å². The lowest BCUT2D eigenvalue weighted by Crippen LogP contribution is -2.13. The van der Waals surface area contributed by atoms with Crippen molar-refractivity contribution in [3.63, 3.8) is 0 Å². The molecule has 0 heterocycles. The minimum absolute atomic E-state index is 0.0203. The van der Waals surface area contributed by atoms with Crippen molar-refractivity contribution in [3.05, 3.63) is 34.1 Å². The predicted molar refractivity (Wildman–Crippen MR) is 63.8 cm³/mol. The van der Waals surface area contributed by atoms with Crippen LogP contribution < -0.4 is 0 Å². The van der Waals surface area contributed by atoms with Gasteiger partial charge in [0.05, 0.1) is 0 Å². The fourth-order valence-electron chi connectivity index (χ4n) is 1.88. The highest BCUT2D eigenvalue weighted by molar-refractivity contribution is 5.39. The average Bonchev–Trinajstić information content (AvgIpc) is 2.08. The molecule has 0 aliphatic carbocycles. The summed E-state index contributed by atoms with van der Waals surface area (Å²) >= 11 is 0. The maximum Gasteiger partial charge on any atom is 0.129 e. The average molecular weight is 208 g/mol. The minimum Gasteiger partial charge on any atom is -0.206 e. The third-order valence-corrected chi connectivity index (χ3v) is 2.80. The molecule has 1 rings (SSSR count). The fraction of sp³-hybridized carbons (Fsp3) is 0.571. The van der Waals surface area contributed by atoms with Gasteiger partial charge in [-0.05, 0) is 54.9 Å². The Kier molecular flexibility index (Phi) is 3.22. The maximum absolute atomic E-state index is 14.0. The van der Waals surface area contributed by atoms with E-state index in [4.69, 9.17) is 0 Å². The van der Waals surface area contributed by atoms with Gasteiger partial charge in [0.15, 0.2) is 0 Å².